The largest absolute Gasteiger partial charge is 0.390 e. The quantitative estimate of drug-likeness (QED) is 0.671. The smallest absolute Gasteiger partial charge is 0.235 e. The van der Waals surface area contributed by atoms with Gasteiger partial charge in [-0.1, -0.05) is 15.9 Å². The van der Waals surface area contributed by atoms with Gasteiger partial charge >= 0.3 is 0 Å². The lowest BCUT2D eigenvalue weighted by atomic mass is 9.79. The molecule has 1 aliphatic heterocycles. The third kappa shape index (κ3) is 1.67. The van der Waals surface area contributed by atoms with Crippen LogP contribution >= 0.6 is 15.9 Å². The van der Waals surface area contributed by atoms with E-state index < -0.39 is 17.6 Å². The molecule has 5 nitrogen and oxygen atoms in total. The van der Waals surface area contributed by atoms with Crippen molar-refractivity contribution < 1.29 is 19.8 Å². The first-order valence-electron chi connectivity index (χ1n) is 5.95. The average Bonchev–Trinajstić information content (AvgIpc) is 2.78. The van der Waals surface area contributed by atoms with Crippen LogP contribution < -0.4 is 5.32 Å². The molecule has 2 aliphatic rings. The second-order valence-electron chi connectivity index (χ2n) is 5.12. The number of rotatable bonds is 1. The zero-order valence-electron chi connectivity index (χ0n) is 9.89. The Morgan fingerprint density at radius 3 is 2.53 bits per heavy atom. The maximum absolute atomic E-state index is 12.3. The number of nitrogens with one attached hydrogen (secondary N) is 1. The minimum absolute atomic E-state index is 0.187. The third-order valence-corrected chi connectivity index (χ3v) is 4.59. The molecule has 3 N–H and O–H groups in total. The number of benzene rings is 1. The van der Waals surface area contributed by atoms with E-state index in [2.05, 4.69) is 21.2 Å². The molecule has 1 saturated carbocycles. The predicted octanol–water partition coefficient (Wildman–Crippen LogP) is 0.967. The van der Waals surface area contributed by atoms with Gasteiger partial charge in [-0.15, -0.1) is 0 Å². The van der Waals surface area contributed by atoms with Crippen LogP contribution in [-0.4, -0.2) is 34.6 Å². The van der Waals surface area contributed by atoms with Gasteiger partial charge in [-0.05, 0) is 25.0 Å². The van der Waals surface area contributed by atoms with Gasteiger partial charge < -0.3 is 15.5 Å². The normalized spacial score (nSPS) is 32.5. The summed E-state index contributed by atoms with van der Waals surface area (Å²) in [5.41, 5.74) is 0.845. The van der Waals surface area contributed by atoms with Gasteiger partial charge in [0, 0.05) is 21.3 Å². The molecule has 1 fully saturated rings. The maximum atomic E-state index is 12.3. The number of aliphatic hydroxyl groups is 2. The average molecular weight is 326 g/mol. The van der Waals surface area contributed by atoms with Crippen molar-refractivity contribution in [1.82, 2.24) is 0 Å². The molecule has 0 saturated heterocycles. The van der Waals surface area contributed by atoms with Crippen molar-refractivity contribution in [2.24, 2.45) is 0 Å². The Morgan fingerprint density at radius 1 is 1.32 bits per heavy atom. The zero-order chi connectivity index (χ0) is 13.8. The number of carbonyl (C=O) groups is 2. The summed E-state index contributed by atoms with van der Waals surface area (Å²) in [5.74, 6) is -0.234. The SMILES string of the molecule is O=Cc1cc(Br)c2c(c1)NC(=O)C21CC(O)C(O)C1. The molecule has 2 atom stereocenters. The highest BCUT2D eigenvalue weighted by Crippen LogP contribution is 2.51. The number of fused-ring (bicyclic) bond motifs is 2. The molecule has 1 amide bonds. The molecule has 100 valence electrons. The number of hydrogen-bond donors (Lipinski definition) is 3. The Balaban J connectivity index is 2.18. The lowest BCUT2D eigenvalue weighted by Crippen LogP contribution is -2.32. The highest BCUT2D eigenvalue weighted by atomic mass is 79.9. The molecule has 1 aliphatic carbocycles. The van der Waals surface area contributed by atoms with Gasteiger partial charge in [0.1, 0.15) is 6.29 Å². The Bertz CT molecular complexity index is 576. The van der Waals surface area contributed by atoms with Crippen LogP contribution in [0, 0.1) is 0 Å². The molecule has 0 bridgehead atoms. The van der Waals surface area contributed by atoms with Crippen LogP contribution in [0.4, 0.5) is 5.69 Å². The van der Waals surface area contributed by atoms with E-state index in [0.717, 1.165) is 5.56 Å². The summed E-state index contributed by atoms with van der Waals surface area (Å²) in [6, 6.07) is 3.25. The second-order valence-corrected chi connectivity index (χ2v) is 5.98. The Morgan fingerprint density at radius 2 is 1.95 bits per heavy atom. The molecule has 0 radical (unpaired) electrons. The first-order valence-corrected chi connectivity index (χ1v) is 6.74. The van der Waals surface area contributed by atoms with Crippen LogP contribution in [0.1, 0.15) is 28.8 Å². The molecule has 1 heterocycles. The molecule has 1 aromatic rings. The molecule has 2 unspecified atom stereocenters. The van der Waals surface area contributed by atoms with Gasteiger partial charge in [-0.2, -0.15) is 0 Å². The Labute approximate surface area is 117 Å². The van der Waals surface area contributed by atoms with Gasteiger partial charge in [-0.3, -0.25) is 9.59 Å². The summed E-state index contributed by atoms with van der Waals surface area (Å²) in [6.07, 6.45) is -0.734. The van der Waals surface area contributed by atoms with Crippen molar-refractivity contribution in [3.05, 3.63) is 27.7 Å². The minimum atomic E-state index is -0.908. The lowest BCUT2D eigenvalue weighted by molar-refractivity contribution is -0.121. The molecule has 3 rings (SSSR count). The molecule has 0 aromatic heterocycles. The number of hydrogen-bond acceptors (Lipinski definition) is 4. The highest BCUT2D eigenvalue weighted by molar-refractivity contribution is 9.10. The van der Waals surface area contributed by atoms with Crippen LogP contribution in [-0.2, 0) is 10.2 Å². The second kappa shape index (κ2) is 4.13. The molecular formula is C13H12BrNO4. The number of aliphatic hydroxyl groups excluding tert-OH is 2. The van der Waals surface area contributed by atoms with Crippen LogP contribution in [0.3, 0.4) is 0 Å². The van der Waals surface area contributed by atoms with E-state index in [-0.39, 0.29) is 18.7 Å². The number of carbonyl (C=O) groups excluding carboxylic acids is 2. The highest BCUT2D eigenvalue weighted by Gasteiger charge is 2.55. The van der Waals surface area contributed by atoms with Crippen LogP contribution in [0.25, 0.3) is 0 Å². The number of anilines is 1. The van der Waals surface area contributed by atoms with E-state index >= 15 is 0 Å². The fraction of sp³-hybridized carbons (Fsp3) is 0.385. The van der Waals surface area contributed by atoms with E-state index in [1.807, 2.05) is 0 Å². The molecular weight excluding hydrogens is 314 g/mol. The molecule has 6 heteroatoms. The fourth-order valence-corrected chi connectivity index (χ4v) is 3.95. The number of halogens is 1. The van der Waals surface area contributed by atoms with Gasteiger partial charge in [0.2, 0.25) is 5.91 Å². The molecule has 19 heavy (non-hydrogen) atoms. The van der Waals surface area contributed by atoms with E-state index in [4.69, 9.17) is 0 Å². The minimum Gasteiger partial charge on any atom is -0.390 e. The van der Waals surface area contributed by atoms with E-state index in [1.54, 1.807) is 12.1 Å². The van der Waals surface area contributed by atoms with Crippen LogP contribution in [0.15, 0.2) is 16.6 Å². The van der Waals surface area contributed by atoms with Gasteiger partial charge in [0.15, 0.2) is 0 Å². The topological polar surface area (TPSA) is 86.6 Å². The maximum Gasteiger partial charge on any atom is 0.235 e. The van der Waals surface area contributed by atoms with E-state index in [1.165, 1.54) is 0 Å². The summed E-state index contributed by atoms with van der Waals surface area (Å²) in [7, 11) is 0. The summed E-state index contributed by atoms with van der Waals surface area (Å²) in [4.78, 5) is 23.1. The number of amides is 1. The van der Waals surface area contributed by atoms with E-state index in [9.17, 15) is 19.8 Å². The van der Waals surface area contributed by atoms with Crippen molar-refractivity contribution in [2.75, 3.05) is 5.32 Å². The zero-order valence-corrected chi connectivity index (χ0v) is 11.5. The van der Waals surface area contributed by atoms with Gasteiger partial charge in [0.25, 0.3) is 0 Å². The van der Waals surface area contributed by atoms with Crippen molar-refractivity contribution in [3.63, 3.8) is 0 Å². The third-order valence-electron chi connectivity index (χ3n) is 3.97. The number of aldehydes is 1. The van der Waals surface area contributed by atoms with Crippen molar-refractivity contribution >= 4 is 33.8 Å². The summed E-state index contributed by atoms with van der Waals surface area (Å²) in [6.45, 7) is 0. The summed E-state index contributed by atoms with van der Waals surface area (Å²) >= 11 is 3.38. The lowest BCUT2D eigenvalue weighted by Gasteiger charge is -2.22. The first kappa shape index (κ1) is 12.8. The summed E-state index contributed by atoms with van der Waals surface area (Å²) < 4.78 is 0.645. The Kier molecular flexibility index (Phi) is 2.78. The monoisotopic (exact) mass is 325 g/mol. The van der Waals surface area contributed by atoms with Gasteiger partial charge in [0.05, 0.1) is 17.6 Å². The molecule has 1 spiro atoms. The predicted molar refractivity (Wildman–Crippen MR) is 71.1 cm³/mol. The standard InChI is InChI=1S/C13H12BrNO4/c14-7-1-6(5-16)2-8-11(7)13(12(19)15-8)3-9(17)10(18)4-13/h1-2,5,9-10,17-18H,3-4H2,(H,15,19). The Hall–Kier alpha value is -1.24. The van der Waals surface area contributed by atoms with Crippen molar-refractivity contribution in [1.29, 1.82) is 0 Å². The molecule has 1 aromatic carbocycles. The van der Waals surface area contributed by atoms with Crippen LogP contribution in [0.2, 0.25) is 0 Å². The van der Waals surface area contributed by atoms with Crippen LogP contribution in [0.5, 0.6) is 0 Å². The van der Waals surface area contributed by atoms with Gasteiger partial charge in [-0.25, -0.2) is 0 Å². The first-order chi connectivity index (χ1) is 8.98. The summed E-state index contributed by atoms with van der Waals surface area (Å²) in [5, 5.41) is 22.3. The van der Waals surface area contributed by atoms with Crippen molar-refractivity contribution in [2.45, 2.75) is 30.5 Å². The fourth-order valence-electron chi connectivity index (χ4n) is 3.10. The van der Waals surface area contributed by atoms with E-state index in [0.29, 0.717) is 22.0 Å². The van der Waals surface area contributed by atoms with Crippen molar-refractivity contribution in [3.8, 4) is 0 Å².